The lowest BCUT2D eigenvalue weighted by Gasteiger charge is -2.32. The Kier molecular flexibility index (Phi) is 5.83. The van der Waals surface area contributed by atoms with Gasteiger partial charge in [-0.2, -0.15) is 0 Å². The van der Waals surface area contributed by atoms with E-state index in [4.69, 9.17) is 0 Å². The molecule has 0 aromatic rings. The molecule has 0 unspecified atom stereocenters. The number of rotatable bonds is 6. The summed E-state index contributed by atoms with van der Waals surface area (Å²) in [6.07, 6.45) is 5.83. The summed E-state index contributed by atoms with van der Waals surface area (Å²) in [7, 11) is -3.08. The Balaban J connectivity index is 1.67. The topological polar surface area (TPSA) is 74.8 Å². The number of hydrogen-bond donors (Lipinski definition) is 0. The van der Waals surface area contributed by atoms with Crippen LogP contribution in [0.25, 0.3) is 0 Å². The molecule has 0 aromatic heterocycles. The van der Waals surface area contributed by atoms with Gasteiger partial charge in [0.25, 0.3) is 0 Å². The molecular weight excluding hydrogens is 304 g/mol. The van der Waals surface area contributed by atoms with Gasteiger partial charge in [0, 0.05) is 45.3 Å². The Morgan fingerprint density at radius 1 is 1.23 bits per heavy atom. The summed E-state index contributed by atoms with van der Waals surface area (Å²) >= 11 is 0. The zero-order valence-corrected chi connectivity index (χ0v) is 14.1. The Bertz CT molecular complexity index is 510. The number of sulfone groups is 1. The molecule has 2 rings (SSSR count). The molecule has 126 valence electrons. The predicted molar refractivity (Wildman–Crippen MR) is 84.1 cm³/mol. The molecular formula is C15H26N2O4S. The highest BCUT2D eigenvalue weighted by molar-refractivity contribution is 7.90. The lowest BCUT2D eigenvalue weighted by atomic mass is 9.93. The van der Waals surface area contributed by atoms with E-state index >= 15 is 0 Å². The van der Waals surface area contributed by atoms with Gasteiger partial charge >= 0.3 is 0 Å². The first-order valence-corrected chi connectivity index (χ1v) is 10.1. The van der Waals surface area contributed by atoms with Crippen LogP contribution in [0, 0.1) is 5.92 Å². The van der Waals surface area contributed by atoms with Crippen LogP contribution >= 0.6 is 0 Å². The summed E-state index contributed by atoms with van der Waals surface area (Å²) in [6.45, 7) is 3.15. The van der Waals surface area contributed by atoms with Gasteiger partial charge in [0.15, 0.2) is 0 Å². The fraction of sp³-hybridized carbons (Fsp3) is 0.867. The number of hydrogen-bond acceptors (Lipinski definition) is 4. The maximum Gasteiger partial charge on any atom is 0.223 e. The predicted octanol–water partition coefficient (Wildman–Crippen LogP) is 0.672. The molecule has 0 spiro atoms. The molecule has 2 amide bonds. The zero-order valence-electron chi connectivity index (χ0n) is 13.3. The third kappa shape index (κ3) is 5.26. The minimum atomic E-state index is -3.08. The lowest BCUT2D eigenvalue weighted by molar-refractivity contribution is -0.132. The number of carbonyl (C=O) groups excluding carboxylic acids is 2. The number of carbonyl (C=O) groups is 2. The van der Waals surface area contributed by atoms with Crippen LogP contribution in [0.1, 0.15) is 38.5 Å². The number of piperidine rings is 1. The van der Waals surface area contributed by atoms with E-state index in [1.165, 1.54) is 0 Å². The van der Waals surface area contributed by atoms with Crippen molar-refractivity contribution in [2.45, 2.75) is 38.5 Å². The molecule has 22 heavy (non-hydrogen) atoms. The maximum atomic E-state index is 12.0. The SMILES string of the molecule is CS(=O)(=O)CCC(=O)N1CCC(CCN2CCCC2=O)CC1. The quantitative estimate of drug-likeness (QED) is 0.717. The molecule has 2 heterocycles. The summed E-state index contributed by atoms with van der Waals surface area (Å²) in [5, 5.41) is 0. The fourth-order valence-corrected chi connectivity index (χ4v) is 3.73. The minimum absolute atomic E-state index is 0.0569. The summed E-state index contributed by atoms with van der Waals surface area (Å²) < 4.78 is 22.2. The molecule has 2 fully saturated rings. The molecule has 2 aliphatic rings. The average Bonchev–Trinajstić information content (AvgIpc) is 2.88. The second-order valence-electron chi connectivity index (χ2n) is 6.48. The van der Waals surface area contributed by atoms with Crippen molar-refractivity contribution >= 4 is 21.7 Å². The molecule has 7 heteroatoms. The van der Waals surface area contributed by atoms with Gasteiger partial charge in [0.05, 0.1) is 5.75 Å². The summed E-state index contributed by atoms with van der Waals surface area (Å²) in [6, 6.07) is 0. The molecule has 0 N–H and O–H groups in total. The van der Waals surface area contributed by atoms with Crippen LogP contribution in [-0.4, -0.2) is 68.2 Å². The van der Waals surface area contributed by atoms with E-state index < -0.39 is 9.84 Å². The molecule has 6 nitrogen and oxygen atoms in total. The van der Waals surface area contributed by atoms with Crippen molar-refractivity contribution in [3.8, 4) is 0 Å². The summed E-state index contributed by atoms with van der Waals surface area (Å²) in [4.78, 5) is 27.3. The van der Waals surface area contributed by atoms with Crippen LogP contribution < -0.4 is 0 Å². The second-order valence-corrected chi connectivity index (χ2v) is 8.74. The Morgan fingerprint density at radius 3 is 2.45 bits per heavy atom. The van der Waals surface area contributed by atoms with Crippen molar-refractivity contribution < 1.29 is 18.0 Å². The first-order chi connectivity index (χ1) is 10.3. The van der Waals surface area contributed by atoms with Gasteiger partial charge < -0.3 is 9.80 Å². The second kappa shape index (κ2) is 7.44. The first-order valence-electron chi connectivity index (χ1n) is 8.08. The van der Waals surface area contributed by atoms with Crippen molar-refractivity contribution in [3.05, 3.63) is 0 Å². The first kappa shape index (κ1) is 17.2. The van der Waals surface area contributed by atoms with Gasteiger partial charge in [0.2, 0.25) is 11.8 Å². The molecule has 2 saturated heterocycles. The third-order valence-corrected chi connectivity index (χ3v) is 5.58. The smallest absolute Gasteiger partial charge is 0.223 e. The number of amides is 2. The number of likely N-dealkylation sites (tertiary alicyclic amines) is 2. The highest BCUT2D eigenvalue weighted by atomic mass is 32.2. The largest absolute Gasteiger partial charge is 0.343 e. The minimum Gasteiger partial charge on any atom is -0.343 e. The molecule has 0 aliphatic carbocycles. The van der Waals surface area contributed by atoms with Crippen LogP contribution in [0.4, 0.5) is 0 Å². The van der Waals surface area contributed by atoms with E-state index in [1.807, 2.05) is 4.90 Å². The molecule has 0 saturated carbocycles. The monoisotopic (exact) mass is 330 g/mol. The lowest BCUT2D eigenvalue weighted by Crippen LogP contribution is -2.39. The standard InChI is InChI=1S/C15H26N2O4S/c1-22(20,21)12-7-15(19)17-10-5-13(6-11-17)4-9-16-8-2-3-14(16)18/h13H,2-12H2,1H3. The van der Waals surface area contributed by atoms with Gasteiger partial charge in [-0.25, -0.2) is 8.42 Å². The normalized spacial score (nSPS) is 20.7. The highest BCUT2D eigenvalue weighted by Crippen LogP contribution is 2.22. The van der Waals surface area contributed by atoms with Crippen LogP contribution in [0.3, 0.4) is 0 Å². The van der Waals surface area contributed by atoms with Gasteiger partial charge in [-0.3, -0.25) is 9.59 Å². The molecule has 0 atom stereocenters. The Morgan fingerprint density at radius 2 is 1.91 bits per heavy atom. The van der Waals surface area contributed by atoms with Crippen LogP contribution in [0.15, 0.2) is 0 Å². The van der Waals surface area contributed by atoms with E-state index in [9.17, 15) is 18.0 Å². The number of nitrogens with zero attached hydrogens (tertiary/aromatic N) is 2. The van der Waals surface area contributed by atoms with Gasteiger partial charge in [0.1, 0.15) is 9.84 Å². The van der Waals surface area contributed by atoms with Gasteiger partial charge in [-0.05, 0) is 31.6 Å². The van der Waals surface area contributed by atoms with Gasteiger partial charge in [-0.1, -0.05) is 0 Å². The fourth-order valence-electron chi connectivity index (χ4n) is 3.18. The summed E-state index contributed by atoms with van der Waals surface area (Å²) in [5.74, 6) is 0.711. The third-order valence-electron chi connectivity index (χ3n) is 4.63. The molecule has 0 aromatic carbocycles. The van der Waals surface area contributed by atoms with E-state index in [0.29, 0.717) is 25.4 Å². The van der Waals surface area contributed by atoms with Crippen molar-refractivity contribution in [1.29, 1.82) is 0 Å². The average molecular weight is 330 g/mol. The van der Waals surface area contributed by atoms with Crippen molar-refractivity contribution in [1.82, 2.24) is 9.80 Å². The van der Waals surface area contributed by atoms with E-state index in [1.54, 1.807) is 4.90 Å². The van der Waals surface area contributed by atoms with Crippen LogP contribution in [0.2, 0.25) is 0 Å². The van der Waals surface area contributed by atoms with E-state index in [2.05, 4.69) is 0 Å². The van der Waals surface area contributed by atoms with Crippen LogP contribution in [0.5, 0.6) is 0 Å². The van der Waals surface area contributed by atoms with Crippen molar-refractivity contribution in [3.63, 3.8) is 0 Å². The molecule has 0 bridgehead atoms. The maximum absolute atomic E-state index is 12.0. The van der Waals surface area contributed by atoms with E-state index in [-0.39, 0.29) is 24.0 Å². The van der Waals surface area contributed by atoms with Crippen molar-refractivity contribution in [2.24, 2.45) is 5.92 Å². The van der Waals surface area contributed by atoms with Crippen LogP contribution in [-0.2, 0) is 19.4 Å². The highest BCUT2D eigenvalue weighted by Gasteiger charge is 2.25. The van der Waals surface area contributed by atoms with E-state index in [0.717, 1.165) is 45.0 Å². The summed E-state index contributed by atoms with van der Waals surface area (Å²) in [5.41, 5.74) is 0. The molecule has 0 radical (unpaired) electrons. The van der Waals surface area contributed by atoms with Crippen molar-refractivity contribution in [2.75, 3.05) is 38.2 Å². The Labute approximate surface area is 132 Å². The van der Waals surface area contributed by atoms with Gasteiger partial charge in [-0.15, -0.1) is 0 Å². The Hall–Kier alpha value is -1.11. The molecule has 2 aliphatic heterocycles. The zero-order chi connectivity index (χ0) is 16.2.